The molecule has 0 saturated heterocycles. The van der Waals surface area contributed by atoms with Crippen LogP contribution in [0.25, 0.3) is 27.7 Å². The number of para-hydroxylation sites is 2. The van der Waals surface area contributed by atoms with E-state index in [4.69, 9.17) is 16.3 Å². The Labute approximate surface area is 173 Å². The molecule has 1 unspecified atom stereocenters. The number of hydrogen-bond acceptors (Lipinski definition) is 3. The van der Waals surface area contributed by atoms with E-state index in [1.165, 1.54) is 0 Å². The van der Waals surface area contributed by atoms with Crippen LogP contribution in [-0.4, -0.2) is 15.5 Å². The monoisotopic (exact) mass is 399 g/mol. The molecule has 0 aliphatic carbocycles. The van der Waals surface area contributed by atoms with E-state index in [0.29, 0.717) is 0 Å². The topological polar surface area (TPSA) is 49.9 Å². The highest BCUT2D eigenvalue weighted by atomic mass is 35.5. The summed E-state index contributed by atoms with van der Waals surface area (Å²) >= 11 is 6.22. The van der Waals surface area contributed by atoms with E-state index in [2.05, 4.69) is 21.4 Å². The number of pyridine rings is 1. The number of aromatic nitrogens is 2. The maximum Gasteiger partial charge on any atom is 0.137 e. The van der Waals surface area contributed by atoms with E-state index in [0.717, 1.165) is 44.8 Å². The number of benzene rings is 2. The average Bonchev–Trinajstić information content (AvgIpc) is 3.18. The normalized spacial score (nSPS) is 15.8. The largest absolute Gasteiger partial charge is 0.457 e. The number of dihydropyridines is 1. The minimum absolute atomic E-state index is 0.226. The lowest BCUT2D eigenvalue weighted by molar-refractivity contribution is 0.484. The van der Waals surface area contributed by atoms with Crippen LogP contribution in [0.15, 0.2) is 91.4 Å². The van der Waals surface area contributed by atoms with Gasteiger partial charge in [0.2, 0.25) is 0 Å². The molecule has 0 radical (unpaired) electrons. The number of rotatable bonds is 4. The van der Waals surface area contributed by atoms with Gasteiger partial charge in [0.05, 0.1) is 0 Å². The third-order valence-corrected chi connectivity index (χ3v) is 5.11. The van der Waals surface area contributed by atoms with Crippen molar-refractivity contribution in [3.63, 3.8) is 0 Å². The summed E-state index contributed by atoms with van der Waals surface area (Å²) in [5.74, 6) is 1.59. The van der Waals surface area contributed by atoms with Gasteiger partial charge in [-0.25, -0.2) is 4.98 Å². The van der Waals surface area contributed by atoms with Crippen LogP contribution in [0.4, 0.5) is 0 Å². The molecule has 0 fully saturated rings. The lowest BCUT2D eigenvalue weighted by Gasteiger charge is -2.13. The summed E-state index contributed by atoms with van der Waals surface area (Å²) in [6.07, 6.45) is 9.71. The number of ether oxygens (including phenoxy) is 1. The van der Waals surface area contributed by atoms with Crippen LogP contribution in [0.1, 0.15) is 5.56 Å². The third kappa shape index (κ3) is 3.50. The fraction of sp³-hybridized carbons (Fsp3) is 0.0417. The minimum Gasteiger partial charge on any atom is -0.457 e. The summed E-state index contributed by atoms with van der Waals surface area (Å²) in [7, 11) is 0. The molecule has 3 heterocycles. The first-order valence-corrected chi connectivity index (χ1v) is 9.80. The van der Waals surface area contributed by atoms with Crippen molar-refractivity contribution in [2.75, 3.05) is 0 Å². The van der Waals surface area contributed by atoms with Crippen molar-refractivity contribution in [2.45, 2.75) is 5.50 Å². The molecular weight excluding hydrogens is 382 g/mol. The fourth-order valence-corrected chi connectivity index (χ4v) is 3.68. The molecule has 2 aromatic carbocycles. The summed E-state index contributed by atoms with van der Waals surface area (Å²) in [5.41, 5.74) is 4.72. The Hall–Kier alpha value is -3.50. The SMILES string of the molecule is ClC1C=C(c2c[nH]c3ncc(-c4ccccc4Oc4ccccc4)cc23)C=CN1. The maximum atomic E-state index is 6.22. The second kappa shape index (κ2) is 7.49. The molecule has 1 atom stereocenters. The molecule has 142 valence electrons. The second-order valence-corrected chi connectivity index (χ2v) is 7.23. The van der Waals surface area contributed by atoms with Crippen LogP contribution in [0, 0.1) is 0 Å². The average molecular weight is 400 g/mol. The number of hydrogen-bond donors (Lipinski definition) is 2. The molecule has 1 aliphatic heterocycles. The Morgan fingerprint density at radius 3 is 2.66 bits per heavy atom. The zero-order valence-corrected chi connectivity index (χ0v) is 16.2. The summed E-state index contributed by atoms with van der Waals surface area (Å²) in [5, 5.41) is 4.10. The Kier molecular flexibility index (Phi) is 4.54. The van der Waals surface area contributed by atoms with E-state index in [-0.39, 0.29) is 5.50 Å². The molecule has 4 nitrogen and oxygen atoms in total. The van der Waals surface area contributed by atoms with Gasteiger partial charge in [0.1, 0.15) is 22.6 Å². The molecule has 2 N–H and O–H groups in total. The van der Waals surface area contributed by atoms with Gasteiger partial charge in [-0.2, -0.15) is 0 Å². The predicted octanol–water partition coefficient (Wildman–Crippen LogP) is 6.09. The van der Waals surface area contributed by atoms with Gasteiger partial charge in [0, 0.05) is 34.5 Å². The highest BCUT2D eigenvalue weighted by Gasteiger charge is 2.14. The molecule has 29 heavy (non-hydrogen) atoms. The van der Waals surface area contributed by atoms with Gasteiger partial charge < -0.3 is 15.0 Å². The van der Waals surface area contributed by atoms with Crippen molar-refractivity contribution < 1.29 is 4.74 Å². The van der Waals surface area contributed by atoms with Crippen molar-refractivity contribution in [1.29, 1.82) is 0 Å². The molecule has 2 aromatic heterocycles. The minimum atomic E-state index is -0.226. The predicted molar refractivity (Wildman–Crippen MR) is 118 cm³/mol. The van der Waals surface area contributed by atoms with E-state index >= 15 is 0 Å². The van der Waals surface area contributed by atoms with Gasteiger partial charge in [-0.15, -0.1) is 0 Å². The van der Waals surface area contributed by atoms with Crippen molar-refractivity contribution in [3.05, 3.63) is 97.0 Å². The zero-order chi connectivity index (χ0) is 19.6. The van der Waals surface area contributed by atoms with Crippen molar-refractivity contribution in [3.8, 4) is 22.6 Å². The summed E-state index contributed by atoms with van der Waals surface area (Å²) in [6, 6.07) is 19.9. The Bertz CT molecular complexity index is 1230. The zero-order valence-electron chi connectivity index (χ0n) is 15.5. The first kappa shape index (κ1) is 17.6. The van der Waals surface area contributed by atoms with Crippen LogP contribution in [0.5, 0.6) is 11.5 Å². The van der Waals surface area contributed by atoms with Gasteiger partial charge >= 0.3 is 0 Å². The van der Waals surface area contributed by atoms with Crippen LogP contribution >= 0.6 is 11.6 Å². The third-order valence-electron chi connectivity index (χ3n) is 4.86. The van der Waals surface area contributed by atoms with Gasteiger partial charge in [-0.05, 0) is 48.2 Å². The first-order valence-electron chi connectivity index (χ1n) is 9.36. The quantitative estimate of drug-likeness (QED) is 0.322. The number of halogens is 1. The van der Waals surface area contributed by atoms with E-state index < -0.39 is 0 Å². The number of aromatic amines is 1. The molecule has 5 rings (SSSR count). The summed E-state index contributed by atoms with van der Waals surface area (Å²) in [6.45, 7) is 0. The number of allylic oxidation sites excluding steroid dienone is 2. The van der Waals surface area contributed by atoms with Gasteiger partial charge in [-0.1, -0.05) is 48.0 Å². The van der Waals surface area contributed by atoms with Crippen LogP contribution in [0.2, 0.25) is 0 Å². The maximum absolute atomic E-state index is 6.22. The van der Waals surface area contributed by atoms with Gasteiger partial charge in [-0.3, -0.25) is 0 Å². The Morgan fingerprint density at radius 2 is 1.79 bits per heavy atom. The highest BCUT2D eigenvalue weighted by molar-refractivity contribution is 6.22. The number of alkyl halides is 1. The lowest BCUT2D eigenvalue weighted by Crippen LogP contribution is -2.17. The lowest BCUT2D eigenvalue weighted by atomic mass is 10.0. The van der Waals surface area contributed by atoms with Crippen molar-refractivity contribution >= 4 is 28.2 Å². The summed E-state index contributed by atoms with van der Waals surface area (Å²) in [4.78, 5) is 7.88. The highest BCUT2D eigenvalue weighted by Crippen LogP contribution is 2.35. The molecule has 1 aliphatic rings. The number of fused-ring (bicyclic) bond motifs is 1. The van der Waals surface area contributed by atoms with Crippen LogP contribution in [-0.2, 0) is 0 Å². The standard InChI is InChI=1S/C24H18ClN3O/c25-23-13-16(10-11-26-23)21-15-28-24-20(21)12-17(14-27-24)19-8-4-5-9-22(19)29-18-6-2-1-3-7-18/h1-15,23,26H,(H,27,28). The van der Waals surface area contributed by atoms with Gasteiger partial charge in [0.15, 0.2) is 0 Å². The molecule has 0 saturated carbocycles. The number of H-pyrrole nitrogens is 1. The van der Waals surface area contributed by atoms with Crippen molar-refractivity contribution in [2.24, 2.45) is 0 Å². The second-order valence-electron chi connectivity index (χ2n) is 6.76. The number of nitrogens with zero attached hydrogens (tertiary/aromatic N) is 1. The first-order chi connectivity index (χ1) is 14.3. The summed E-state index contributed by atoms with van der Waals surface area (Å²) < 4.78 is 6.13. The molecule has 5 heteroatoms. The Morgan fingerprint density at radius 1 is 0.966 bits per heavy atom. The van der Waals surface area contributed by atoms with Gasteiger partial charge in [0.25, 0.3) is 0 Å². The number of nitrogens with one attached hydrogen (secondary N) is 2. The fourth-order valence-electron chi connectivity index (χ4n) is 3.47. The van der Waals surface area contributed by atoms with Crippen LogP contribution in [0.3, 0.4) is 0 Å². The van der Waals surface area contributed by atoms with E-state index in [1.54, 1.807) is 0 Å². The van der Waals surface area contributed by atoms with E-state index in [9.17, 15) is 0 Å². The molecular formula is C24H18ClN3O. The van der Waals surface area contributed by atoms with E-state index in [1.807, 2.05) is 85.3 Å². The Balaban J connectivity index is 1.58. The van der Waals surface area contributed by atoms with Crippen molar-refractivity contribution in [1.82, 2.24) is 15.3 Å². The molecule has 0 amide bonds. The smallest absolute Gasteiger partial charge is 0.137 e. The molecule has 0 spiro atoms. The van der Waals surface area contributed by atoms with Crippen LogP contribution < -0.4 is 10.1 Å². The molecule has 0 bridgehead atoms. The molecule has 4 aromatic rings.